The van der Waals surface area contributed by atoms with Crippen LogP contribution in [0, 0.1) is 12.8 Å². The Labute approximate surface area is 180 Å². The lowest BCUT2D eigenvalue weighted by atomic mass is 10.1. The molecule has 2 N–H and O–H groups in total. The van der Waals surface area contributed by atoms with E-state index in [1.807, 2.05) is 0 Å². The van der Waals surface area contributed by atoms with Crippen molar-refractivity contribution in [2.75, 3.05) is 34.8 Å². The molecule has 1 aliphatic rings. The molecule has 1 saturated heterocycles. The number of sulfonamides is 1. The summed E-state index contributed by atoms with van der Waals surface area (Å²) in [6.45, 7) is 1.94. The number of carbonyl (C=O) groups excluding carboxylic acids is 2. The van der Waals surface area contributed by atoms with Gasteiger partial charge in [0.25, 0.3) is 0 Å². The Kier molecular flexibility index (Phi) is 6.23. The molecule has 1 fully saturated rings. The Morgan fingerprint density at radius 2 is 1.97 bits per heavy atom. The molecule has 30 heavy (non-hydrogen) atoms. The van der Waals surface area contributed by atoms with Gasteiger partial charge in [0.15, 0.2) is 0 Å². The number of carbonyl (C=O) groups is 2. The third kappa shape index (κ3) is 5.03. The van der Waals surface area contributed by atoms with E-state index in [1.165, 1.54) is 12.0 Å². The summed E-state index contributed by atoms with van der Waals surface area (Å²) in [5, 5.41) is 3.22. The summed E-state index contributed by atoms with van der Waals surface area (Å²) < 4.78 is 30.8. The van der Waals surface area contributed by atoms with Crippen molar-refractivity contribution in [2.24, 2.45) is 5.92 Å². The lowest BCUT2D eigenvalue weighted by Gasteiger charge is -2.20. The molecular formula is C20H22ClN3O5S. The van der Waals surface area contributed by atoms with Gasteiger partial charge in [-0.15, -0.1) is 0 Å². The molecule has 1 heterocycles. The van der Waals surface area contributed by atoms with Crippen molar-refractivity contribution in [3.8, 4) is 5.75 Å². The molecule has 1 unspecified atom stereocenters. The van der Waals surface area contributed by atoms with E-state index in [1.54, 1.807) is 43.3 Å². The van der Waals surface area contributed by atoms with Crippen LogP contribution in [0.2, 0.25) is 5.02 Å². The highest BCUT2D eigenvalue weighted by atomic mass is 35.5. The number of hydrogen-bond acceptors (Lipinski definition) is 5. The third-order valence-electron chi connectivity index (χ3n) is 4.73. The van der Waals surface area contributed by atoms with Crippen molar-refractivity contribution < 1.29 is 22.7 Å². The zero-order chi connectivity index (χ0) is 22.1. The van der Waals surface area contributed by atoms with Gasteiger partial charge in [-0.1, -0.05) is 17.7 Å². The first-order chi connectivity index (χ1) is 14.1. The highest BCUT2D eigenvalue weighted by molar-refractivity contribution is 7.92. The molecule has 160 valence electrons. The molecule has 0 radical (unpaired) electrons. The molecule has 0 spiro atoms. The fourth-order valence-electron chi connectivity index (χ4n) is 3.24. The van der Waals surface area contributed by atoms with Crippen molar-refractivity contribution in [3.63, 3.8) is 0 Å². The van der Waals surface area contributed by atoms with Gasteiger partial charge in [-0.3, -0.25) is 14.3 Å². The Balaban J connectivity index is 1.76. The number of benzene rings is 2. The Hall–Kier alpha value is -2.78. The molecular weight excluding hydrogens is 430 g/mol. The Morgan fingerprint density at radius 1 is 1.23 bits per heavy atom. The van der Waals surface area contributed by atoms with Gasteiger partial charge in [-0.05, 0) is 42.8 Å². The van der Waals surface area contributed by atoms with Gasteiger partial charge in [0.1, 0.15) is 5.75 Å². The maximum atomic E-state index is 12.8. The first-order valence-electron chi connectivity index (χ1n) is 9.10. The van der Waals surface area contributed by atoms with Crippen molar-refractivity contribution in [3.05, 3.63) is 47.0 Å². The number of methoxy groups -OCH3 is 1. The summed E-state index contributed by atoms with van der Waals surface area (Å²) in [7, 11) is -1.96. The largest absolute Gasteiger partial charge is 0.495 e. The number of halogens is 1. The first-order valence-corrected chi connectivity index (χ1v) is 11.4. The summed E-state index contributed by atoms with van der Waals surface area (Å²) in [5.41, 5.74) is 2.04. The van der Waals surface area contributed by atoms with E-state index in [4.69, 9.17) is 16.3 Å². The van der Waals surface area contributed by atoms with Crippen LogP contribution in [0.4, 0.5) is 17.1 Å². The molecule has 0 aromatic heterocycles. The van der Waals surface area contributed by atoms with Crippen LogP contribution in [0.3, 0.4) is 0 Å². The SMILES string of the molecule is COc1ccc(Cl)cc1N1CC(C(=O)Nc2ccc(C)c(NS(C)(=O)=O)c2)CC1=O. The molecule has 3 rings (SSSR count). The van der Waals surface area contributed by atoms with E-state index in [9.17, 15) is 18.0 Å². The van der Waals surface area contributed by atoms with Gasteiger partial charge in [0.2, 0.25) is 21.8 Å². The summed E-state index contributed by atoms with van der Waals surface area (Å²) in [5.74, 6) is -0.627. The zero-order valence-corrected chi connectivity index (χ0v) is 18.3. The molecule has 2 aromatic carbocycles. The van der Waals surface area contributed by atoms with E-state index in [2.05, 4.69) is 10.0 Å². The average Bonchev–Trinajstić information content (AvgIpc) is 3.05. The summed E-state index contributed by atoms with van der Waals surface area (Å²) in [6.07, 6.45) is 1.10. The van der Waals surface area contributed by atoms with Crippen LogP contribution in [0.1, 0.15) is 12.0 Å². The predicted molar refractivity (Wildman–Crippen MR) is 117 cm³/mol. The number of ether oxygens (including phenoxy) is 1. The van der Waals surface area contributed by atoms with Crippen LogP contribution in [0.25, 0.3) is 0 Å². The lowest BCUT2D eigenvalue weighted by molar-refractivity contribution is -0.122. The molecule has 2 aromatic rings. The number of hydrogen-bond donors (Lipinski definition) is 2. The number of aryl methyl sites for hydroxylation is 1. The maximum Gasteiger partial charge on any atom is 0.229 e. The fourth-order valence-corrected chi connectivity index (χ4v) is 4.03. The van der Waals surface area contributed by atoms with Crippen LogP contribution >= 0.6 is 11.6 Å². The zero-order valence-electron chi connectivity index (χ0n) is 16.7. The Bertz CT molecular complexity index is 1100. The number of amides is 2. The molecule has 0 bridgehead atoms. The quantitative estimate of drug-likeness (QED) is 0.702. The minimum atomic E-state index is -3.45. The van der Waals surface area contributed by atoms with Crippen molar-refractivity contribution >= 4 is 50.5 Å². The molecule has 10 heteroatoms. The van der Waals surface area contributed by atoms with Crippen LogP contribution in [0.15, 0.2) is 36.4 Å². The summed E-state index contributed by atoms with van der Waals surface area (Å²) in [4.78, 5) is 26.8. The topological polar surface area (TPSA) is 105 Å². The second kappa shape index (κ2) is 8.53. The van der Waals surface area contributed by atoms with Gasteiger partial charge in [0, 0.05) is 23.7 Å². The highest BCUT2D eigenvalue weighted by Crippen LogP contribution is 2.35. The molecule has 8 nitrogen and oxygen atoms in total. The second-order valence-corrected chi connectivity index (χ2v) is 9.30. The highest BCUT2D eigenvalue weighted by Gasteiger charge is 2.36. The predicted octanol–water partition coefficient (Wildman–Crippen LogP) is 3.02. The standard InChI is InChI=1S/C20H22ClN3O5S/c1-12-4-6-15(10-16(12)23-30(3,27)28)22-20(26)13-8-19(25)24(11-13)17-9-14(21)5-7-18(17)29-2/h4-7,9-10,13,23H,8,11H2,1-3H3,(H,22,26). The van der Waals surface area contributed by atoms with Gasteiger partial charge in [0.05, 0.1) is 30.7 Å². The lowest BCUT2D eigenvalue weighted by Crippen LogP contribution is -2.28. The Morgan fingerprint density at radius 3 is 2.63 bits per heavy atom. The van der Waals surface area contributed by atoms with Crippen molar-refractivity contribution in [2.45, 2.75) is 13.3 Å². The second-order valence-electron chi connectivity index (χ2n) is 7.11. The van der Waals surface area contributed by atoms with Gasteiger partial charge in [-0.2, -0.15) is 0 Å². The van der Waals surface area contributed by atoms with Crippen LogP contribution in [-0.4, -0.2) is 40.1 Å². The monoisotopic (exact) mass is 451 g/mol. The van der Waals surface area contributed by atoms with E-state index in [0.29, 0.717) is 33.4 Å². The van der Waals surface area contributed by atoms with E-state index in [-0.39, 0.29) is 24.8 Å². The minimum absolute atomic E-state index is 0.0435. The van der Waals surface area contributed by atoms with Crippen molar-refractivity contribution in [1.29, 1.82) is 0 Å². The van der Waals surface area contributed by atoms with Gasteiger partial charge in [-0.25, -0.2) is 8.42 Å². The molecule has 1 aliphatic heterocycles. The molecule has 1 atom stereocenters. The minimum Gasteiger partial charge on any atom is -0.495 e. The van der Waals surface area contributed by atoms with Crippen LogP contribution in [0.5, 0.6) is 5.75 Å². The van der Waals surface area contributed by atoms with Crippen LogP contribution in [-0.2, 0) is 19.6 Å². The summed E-state index contributed by atoms with van der Waals surface area (Å²) in [6, 6.07) is 9.88. The van der Waals surface area contributed by atoms with E-state index in [0.717, 1.165) is 6.26 Å². The van der Waals surface area contributed by atoms with Crippen LogP contribution < -0.4 is 19.7 Å². The molecule has 2 amide bonds. The summed E-state index contributed by atoms with van der Waals surface area (Å²) >= 11 is 6.06. The number of anilines is 3. The smallest absolute Gasteiger partial charge is 0.229 e. The average molecular weight is 452 g/mol. The third-order valence-corrected chi connectivity index (χ3v) is 5.55. The maximum absolute atomic E-state index is 12.8. The number of rotatable bonds is 6. The number of nitrogens with one attached hydrogen (secondary N) is 2. The molecule has 0 aliphatic carbocycles. The van der Waals surface area contributed by atoms with Crippen molar-refractivity contribution in [1.82, 2.24) is 0 Å². The van der Waals surface area contributed by atoms with Gasteiger partial charge < -0.3 is 15.0 Å². The fraction of sp³-hybridized carbons (Fsp3) is 0.300. The van der Waals surface area contributed by atoms with Gasteiger partial charge >= 0.3 is 0 Å². The number of nitrogens with zero attached hydrogens (tertiary/aromatic N) is 1. The first kappa shape index (κ1) is 21.9. The molecule has 0 saturated carbocycles. The van der Waals surface area contributed by atoms with E-state index < -0.39 is 15.9 Å². The normalized spacial score (nSPS) is 16.5. The van der Waals surface area contributed by atoms with E-state index >= 15 is 0 Å².